The first-order chi connectivity index (χ1) is 11.0. The number of piperidine rings is 1. The molecule has 7 nitrogen and oxygen atoms in total. The highest BCUT2D eigenvalue weighted by atomic mass is 32.2. The van der Waals surface area contributed by atoms with Crippen LogP contribution in [0.3, 0.4) is 0 Å². The SMILES string of the molecule is NCC1CCCCN1S(=O)(=O)c1c[nH]c(C(=O)N2CCCC2)c1. The molecule has 3 rings (SSSR count). The van der Waals surface area contributed by atoms with E-state index in [9.17, 15) is 13.2 Å². The zero-order valence-electron chi connectivity index (χ0n) is 13.2. The third-order valence-corrected chi connectivity index (χ3v) is 6.66. The van der Waals surface area contributed by atoms with Crippen molar-refractivity contribution in [1.82, 2.24) is 14.2 Å². The number of nitrogens with zero attached hydrogens (tertiary/aromatic N) is 2. The second-order valence-corrected chi connectivity index (χ2v) is 8.14. The molecule has 2 fully saturated rings. The van der Waals surface area contributed by atoms with Crippen LogP contribution in [0.1, 0.15) is 42.6 Å². The number of aromatic nitrogens is 1. The van der Waals surface area contributed by atoms with Gasteiger partial charge in [-0.15, -0.1) is 0 Å². The van der Waals surface area contributed by atoms with E-state index < -0.39 is 10.0 Å². The highest BCUT2D eigenvalue weighted by Gasteiger charge is 2.34. The number of likely N-dealkylation sites (tertiary alicyclic amines) is 1. The zero-order chi connectivity index (χ0) is 16.4. The molecule has 3 N–H and O–H groups in total. The van der Waals surface area contributed by atoms with Crippen molar-refractivity contribution in [2.75, 3.05) is 26.2 Å². The lowest BCUT2D eigenvalue weighted by Gasteiger charge is -2.33. The van der Waals surface area contributed by atoms with E-state index in [1.165, 1.54) is 16.6 Å². The van der Waals surface area contributed by atoms with Crippen LogP contribution < -0.4 is 5.73 Å². The molecule has 1 aromatic heterocycles. The standard InChI is InChI=1S/C15H24N4O3S/c16-10-12-5-1-2-8-19(12)23(21,22)13-9-14(17-11-13)15(20)18-6-3-4-7-18/h9,11-12,17H,1-8,10,16H2. The maximum atomic E-state index is 12.8. The van der Waals surface area contributed by atoms with Crippen molar-refractivity contribution in [3.63, 3.8) is 0 Å². The van der Waals surface area contributed by atoms with Crippen molar-refractivity contribution in [2.45, 2.75) is 43.0 Å². The Labute approximate surface area is 136 Å². The molecule has 1 atom stereocenters. The Hall–Kier alpha value is -1.38. The molecule has 1 unspecified atom stereocenters. The molecule has 3 heterocycles. The van der Waals surface area contributed by atoms with Crippen molar-refractivity contribution < 1.29 is 13.2 Å². The molecule has 0 aliphatic carbocycles. The number of nitrogens with two attached hydrogens (primary N) is 1. The van der Waals surface area contributed by atoms with Crippen molar-refractivity contribution >= 4 is 15.9 Å². The van der Waals surface area contributed by atoms with Crippen LogP contribution in [0.2, 0.25) is 0 Å². The lowest BCUT2D eigenvalue weighted by Crippen LogP contribution is -2.47. The quantitative estimate of drug-likeness (QED) is 0.845. The summed E-state index contributed by atoms with van der Waals surface area (Å²) in [6.07, 6.45) is 6.06. The van der Waals surface area contributed by atoms with Crippen LogP contribution in [0.15, 0.2) is 17.2 Å². The highest BCUT2D eigenvalue weighted by molar-refractivity contribution is 7.89. The molecule has 1 amide bonds. The summed E-state index contributed by atoms with van der Waals surface area (Å²) in [6.45, 7) is 2.29. The summed E-state index contributed by atoms with van der Waals surface area (Å²) < 4.78 is 27.2. The van der Waals surface area contributed by atoms with E-state index in [2.05, 4.69) is 4.98 Å². The summed E-state index contributed by atoms with van der Waals surface area (Å²) in [6, 6.07) is 1.31. The van der Waals surface area contributed by atoms with Gasteiger partial charge in [-0.05, 0) is 31.7 Å². The Kier molecular flexibility index (Phi) is 4.74. The first-order valence-electron chi connectivity index (χ1n) is 8.23. The van der Waals surface area contributed by atoms with Gasteiger partial charge in [-0.25, -0.2) is 8.42 Å². The Morgan fingerprint density at radius 2 is 1.91 bits per heavy atom. The number of carbonyl (C=O) groups excluding carboxylic acids is 1. The van der Waals surface area contributed by atoms with Gasteiger partial charge in [0.1, 0.15) is 10.6 Å². The zero-order valence-corrected chi connectivity index (χ0v) is 14.0. The number of rotatable bonds is 4. The number of H-pyrrole nitrogens is 1. The van der Waals surface area contributed by atoms with E-state index >= 15 is 0 Å². The van der Waals surface area contributed by atoms with Gasteiger partial charge in [0.05, 0.1) is 0 Å². The normalized spacial score (nSPS) is 23.3. The fourth-order valence-corrected chi connectivity index (χ4v) is 5.10. The van der Waals surface area contributed by atoms with Crippen molar-refractivity contribution in [2.24, 2.45) is 5.73 Å². The summed E-state index contributed by atoms with van der Waals surface area (Å²) in [5.74, 6) is -0.127. The van der Waals surface area contributed by atoms with Gasteiger partial charge in [-0.1, -0.05) is 6.42 Å². The van der Waals surface area contributed by atoms with Crippen LogP contribution in [0.5, 0.6) is 0 Å². The van der Waals surface area contributed by atoms with E-state index in [0.29, 0.717) is 18.8 Å². The number of hydrogen-bond acceptors (Lipinski definition) is 4. The molecule has 2 aliphatic rings. The lowest BCUT2D eigenvalue weighted by molar-refractivity contribution is 0.0787. The molecule has 2 saturated heterocycles. The van der Waals surface area contributed by atoms with E-state index in [4.69, 9.17) is 5.73 Å². The molecule has 0 bridgehead atoms. The van der Waals surface area contributed by atoms with Gasteiger partial charge in [0, 0.05) is 38.4 Å². The van der Waals surface area contributed by atoms with Crippen LogP contribution in [0.25, 0.3) is 0 Å². The molecule has 23 heavy (non-hydrogen) atoms. The topological polar surface area (TPSA) is 99.5 Å². The average molecular weight is 340 g/mol. The molecule has 0 spiro atoms. The van der Waals surface area contributed by atoms with E-state index in [0.717, 1.165) is 45.2 Å². The van der Waals surface area contributed by atoms with Gasteiger partial charge < -0.3 is 15.6 Å². The molecular formula is C15H24N4O3S. The fourth-order valence-electron chi connectivity index (χ4n) is 3.40. The molecule has 0 saturated carbocycles. The molecule has 2 aliphatic heterocycles. The monoisotopic (exact) mass is 340 g/mol. The average Bonchev–Trinajstić information content (AvgIpc) is 3.25. The number of amides is 1. The predicted octanol–water partition coefficient (Wildman–Crippen LogP) is 0.753. The van der Waals surface area contributed by atoms with Gasteiger partial charge in [0.25, 0.3) is 5.91 Å². The second kappa shape index (κ2) is 6.62. The van der Waals surface area contributed by atoms with Crippen molar-refractivity contribution in [3.8, 4) is 0 Å². The van der Waals surface area contributed by atoms with Crippen LogP contribution in [0, 0.1) is 0 Å². The Morgan fingerprint density at radius 3 is 2.61 bits per heavy atom. The summed E-state index contributed by atoms with van der Waals surface area (Å²) in [4.78, 5) is 17.1. The van der Waals surface area contributed by atoms with Gasteiger partial charge in [-0.3, -0.25) is 4.79 Å². The first-order valence-corrected chi connectivity index (χ1v) is 9.67. The van der Waals surface area contributed by atoms with Gasteiger partial charge in [-0.2, -0.15) is 4.31 Å². The van der Waals surface area contributed by atoms with Crippen LogP contribution >= 0.6 is 0 Å². The second-order valence-electron chi connectivity index (χ2n) is 6.25. The Bertz CT molecular complexity index is 664. The molecule has 8 heteroatoms. The number of hydrogen-bond donors (Lipinski definition) is 2. The predicted molar refractivity (Wildman–Crippen MR) is 86.5 cm³/mol. The van der Waals surface area contributed by atoms with Crippen molar-refractivity contribution in [3.05, 3.63) is 18.0 Å². The largest absolute Gasteiger partial charge is 0.356 e. The van der Waals surface area contributed by atoms with Gasteiger partial charge >= 0.3 is 0 Å². The number of carbonyl (C=O) groups is 1. The van der Waals surface area contributed by atoms with Crippen LogP contribution in [-0.4, -0.2) is 60.7 Å². The maximum Gasteiger partial charge on any atom is 0.270 e. The van der Waals surface area contributed by atoms with Crippen LogP contribution in [0.4, 0.5) is 0 Å². The smallest absolute Gasteiger partial charge is 0.270 e. The molecule has 128 valence electrons. The molecular weight excluding hydrogens is 316 g/mol. The van der Waals surface area contributed by atoms with E-state index in [1.807, 2.05) is 0 Å². The number of nitrogens with one attached hydrogen (secondary N) is 1. The number of sulfonamides is 1. The Balaban J connectivity index is 1.82. The summed E-state index contributed by atoms with van der Waals surface area (Å²) in [7, 11) is -3.61. The Morgan fingerprint density at radius 1 is 1.22 bits per heavy atom. The first kappa shape index (κ1) is 16.5. The van der Waals surface area contributed by atoms with E-state index in [-0.39, 0.29) is 16.8 Å². The minimum atomic E-state index is -3.61. The number of aromatic amines is 1. The van der Waals surface area contributed by atoms with Gasteiger partial charge in [0.2, 0.25) is 10.0 Å². The van der Waals surface area contributed by atoms with E-state index in [1.54, 1.807) is 4.90 Å². The summed E-state index contributed by atoms with van der Waals surface area (Å²) in [5, 5.41) is 0. The minimum absolute atomic E-state index is 0.127. The lowest BCUT2D eigenvalue weighted by atomic mass is 10.1. The minimum Gasteiger partial charge on any atom is -0.356 e. The summed E-state index contributed by atoms with van der Waals surface area (Å²) in [5.41, 5.74) is 6.07. The summed E-state index contributed by atoms with van der Waals surface area (Å²) >= 11 is 0. The molecule has 1 aromatic rings. The molecule has 0 aromatic carbocycles. The van der Waals surface area contributed by atoms with Gasteiger partial charge in [0.15, 0.2) is 0 Å². The fraction of sp³-hybridized carbons (Fsp3) is 0.667. The highest BCUT2D eigenvalue weighted by Crippen LogP contribution is 2.25. The third-order valence-electron chi connectivity index (χ3n) is 4.73. The maximum absolute atomic E-state index is 12.8. The third kappa shape index (κ3) is 3.15. The van der Waals surface area contributed by atoms with Crippen LogP contribution in [-0.2, 0) is 10.0 Å². The molecule has 0 radical (unpaired) electrons. The van der Waals surface area contributed by atoms with Crippen molar-refractivity contribution in [1.29, 1.82) is 0 Å².